The zero-order valence-corrected chi connectivity index (χ0v) is 22.1. The van der Waals surface area contributed by atoms with Gasteiger partial charge in [-0.15, -0.1) is 0 Å². The number of likely N-dealkylation sites (tertiary alicyclic amines) is 1. The van der Waals surface area contributed by atoms with Crippen molar-refractivity contribution in [2.45, 2.75) is 32.4 Å². The standard InChI is InChI=1S/C29H32N4O6/c1-19(30-28(36)25-17-23(34)21-8-5-10-24(38-2)27(21)39-25)29(37)32-15-13-31(14-16-32)22-9-4-3-7-20(22)18-33-12-6-11-26(33)35/h3-5,7-10,17,19H,6,11-16,18H2,1-2H3,(H,30,36). The van der Waals surface area contributed by atoms with Crippen molar-refractivity contribution in [3.05, 3.63) is 70.1 Å². The number of nitrogens with one attached hydrogen (secondary N) is 1. The molecular formula is C29H32N4O6. The first-order valence-electron chi connectivity index (χ1n) is 13.2. The molecule has 1 atom stereocenters. The molecule has 1 unspecified atom stereocenters. The molecule has 0 radical (unpaired) electrons. The van der Waals surface area contributed by atoms with Gasteiger partial charge in [0.1, 0.15) is 6.04 Å². The number of methoxy groups -OCH3 is 1. The molecule has 3 amide bonds. The van der Waals surface area contributed by atoms with E-state index in [0.717, 1.165) is 30.3 Å². The van der Waals surface area contributed by atoms with Crippen molar-refractivity contribution in [2.75, 3.05) is 44.7 Å². The first-order chi connectivity index (χ1) is 18.9. The Morgan fingerprint density at radius 2 is 1.79 bits per heavy atom. The Labute approximate surface area is 226 Å². The molecule has 2 fully saturated rings. The lowest BCUT2D eigenvalue weighted by Gasteiger charge is -2.38. The molecule has 0 spiro atoms. The van der Waals surface area contributed by atoms with E-state index in [9.17, 15) is 19.2 Å². The van der Waals surface area contributed by atoms with Crippen LogP contribution in [0.5, 0.6) is 5.75 Å². The van der Waals surface area contributed by atoms with Gasteiger partial charge in [0.15, 0.2) is 22.5 Å². The van der Waals surface area contributed by atoms with E-state index in [2.05, 4.69) is 22.3 Å². The van der Waals surface area contributed by atoms with Gasteiger partial charge in [0.25, 0.3) is 5.91 Å². The number of para-hydroxylation sites is 2. The lowest BCUT2D eigenvalue weighted by atomic mass is 10.1. The molecule has 5 rings (SSSR count). The number of carbonyl (C=O) groups is 3. The average Bonchev–Trinajstić information content (AvgIpc) is 3.36. The normalized spacial score (nSPS) is 16.5. The van der Waals surface area contributed by atoms with Gasteiger partial charge in [-0.1, -0.05) is 24.3 Å². The van der Waals surface area contributed by atoms with E-state index in [1.807, 2.05) is 17.0 Å². The van der Waals surface area contributed by atoms with Crippen LogP contribution in [0, 0.1) is 0 Å². The van der Waals surface area contributed by atoms with Crippen molar-refractivity contribution in [1.82, 2.24) is 15.1 Å². The summed E-state index contributed by atoms with van der Waals surface area (Å²) in [6.45, 7) is 5.27. The van der Waals surface area contributed by atoms with Gasteiger partial charge >= 0.3 is 0 Å². The van der Waals surface area contributed by atoms with Crippen LogP contribution in [-0.4, -0.2) is 73.4 Å². The number of piperazine rings is 1. The molecule has 39 heavy (non-hydrogen) atoms. The van der Waals surface area contributed by atoms with Crippen LogP contribution in [0.1, 0.15) is 35.9 Å². The van der Waals surface area contributed by atoms with Gasteiger partial charge < -0.3 is 29.2 Å². The molecule has 204 valence electrons. The largest absolute Gasteiger partial charge is 0.493 e. The third-order valence-electron chi connectivity index (χ3n) is 7.34. The maximum atomic E-state index is 13.2. The number of carbonyl (C=O) groups excluding carboxylic acids is 3. The second kappa shape index (κ2) is 11.2. The highest BCUT2D eigenvalue weighted by atomic mass is 16.5. The number of anilines is 1. The smallest absolute Gasteiger partial charge is 0.287 e. The first-order valence-corrected chi connectivity index (χ1v) is 13.2. The number of amides is 3. The fraction of sp³-hybridized carbons (Fsp3) is 0.379. The third-order valence-corrected chi connectivity index (χ3v) is 7.34. The maximum absolute atomic E-state index is 13.2. The molecule has 2 saturated heterocycles. The summed E-state index contributed by atoms with van der Waals surface area (Å²) in [6, 6.07) is 13.3. The highest BCUT2D eigenvalue weighted by Gasteiger charge is 2.28. The molecule has 10 nitrogen and oxygen atoms in total. The highest BCUT2D eigenvalue weighted by molar-refractivity contribution is 5.97. The lowest BCUT2D eigenvalue weighted by Crippen LogP contribution is -2.54. The summed E-state index contributed by atoms with van der Waals surface area (Å²) in [7, 11) is 1.45. The Kier molecular flexibility index (Phi) is 7.53. The van der Waals surface area contributed by atoms with Gasteiger partial charge in [-0.3, -0.25) is 19.2 Å². The van der Waals surface area contributed by atoms with Crippen LogP contribution in [0.4, 0.5) is 5.69 Å². The van der Waals surface area contributed by atoms with Crippen LogP contribution in [0.2, 0.25) is 0 Å². The van der Waals surface area contributed by atoms with Gasteiger partial charge in [0.05, 0.1) is 12.5 Å². The Morgan fingerprint density at radius 3 is 2.51 bits per heavy atom. The second-order valence-electron chi connectivity index (χ2n) is 9.87. The highest BCUT2D eigenvalue weighted by Crippen LogP contribution is 2.26. The molecule has 2 aromatic carbocycles. The van der Waals surface area contributed by atoms with E-state index in [1.165, 1.54) is 7.11 Å². The van der Waals surface area contributed by atoms with E-state index in [0.29, 0.717) is 50.3 Å². The molecule has 2 aliphatic heterocycles. The average molecular weight is 533 g/mol. The molecule has 1 N–H and O–H groups in total. The summed E-state index contributed by atoms with van der Waals surface area (Å²) in [5.41, 5.74) is 1.99. The van der Waals surface area contributed by atoms with E-state index >= 15 is 0 Å². The van der Waals surface area contributed by atoms with Crippen molar-refractivity contribution in [3.8, 4) is 5.75 Å². The van der Waals surface area contributed by atoms with E-state index in [1.54, 1.807) is 30.0 Å². The minimum Gasteiger partial charge on any atom is -0.493 e. The summed E-state index contributed by atoms with van der Waals surface area (Å²) in [5, 5.41) is 2.97. The Morgan fingerprint density at radius 1 is 1.03 bits per heavy atom. The second-order valence-corrected chi connectivity index (χ2v) is 9.87. The van der Waals surface area contributed by atoms with Crippen LogP contribution in [0.3, 0.4) is 0 Å². The first kappa shape index (κ1) is 26.3. The predicted molar refractivity (Wildman–Crippen MR) is 146 cm³/mol. The number of nitrogens with zero attached hydrogens (tertiary/aromatic N) is 3. The fourth-order valence-electron chi connectivity index (χ4n) is 5.22. The zero-order chi connectivity index (χ0) is 27.5. The number of hydrogen-bond donors (Lipinski definition) is 1. The molecule has 10 heteroatoms. The lowest BCUT2D eigenvalue weighted by molar-refractivity contribution is -0.133. The Balaban J connectivity index is 1.21. The van der Waals surface area contributed by atoms with Crippen molar-refractivity contribution >= 4 is 34.4 Å². The SMILES string of the molecule is COc1cccc2c(=O)cc(C(=O)NC(C)C(=O)N3CCN(c4ccccc4CN4CCCC4=O)CC3)oc12. The molecule has 3 aromatic rings. The summed E-state index contributed by atoms with van der Waals surface area (Å²) >= 11 is 0. The van der Waals surface area contributed by atoms with Crippen molar-refractivity contribution < 1.29 is 23.5 Å². The minimum absolute atomic E-state index is 0.183. The Bertz CT molecular complexity index is 1460. The molecule has 0 saturated carbocycles. The zero-order valence-electron chi connectivity index (χ0n) is 22.1. The van der Waals surface area contributed by atoms with Gasteiger partial charge in [-0.05, 0) is 37.1 Å². The summed E-state index contributed by atoms with van der Waals surface area (Å²) < 4.78 is 10.9. The van der Waals surface area contributed by atoms with Gasteiger partial charge in [-0.2, -0.15) is 0 Å². The molecule has 1 aromatic heterocycles. The maximum Gasteiger partial charge on any atom is 0.287 e. The van der Waals surface area contributed by atoms with Crippen LogP contribution in [-0.2, 0) is 16.1 Å². The van der Waals surface area contributed by atoms with Crippen LogP contribution in [0.25, 0.3) is 11.0 Å². The van der Waals surface area contributed by atoms with E-state index < -0.39 is 11.9 Å². The molecule has 3 heterocycles. The van der Waals surface area contributed by atoms with Gasteiger partial charge in [0, 0.05) is 57.4 Å². The molecule has 0 bridgehead atoms. The monoisotopic (exact) mass is 532 g/mol. The number of fused-ring (bicyclic) bond motifs is 1. The number of rotatable bonds is 7. The quantitative estimate of drug-likeness (QED) is 0.497. The van der Waals surface area contributed by atoms with Crippen molar-refractivity contribution in [2.24, 2.45) is 0 Å². The molecule has 2 aliphatic rings. The predicted octanol–water partition coefficient (Wildman–Crippen LogP) is 2.39. The van der Waals surface area contributed by atoms with Crippen LogP contribution >= 0.6 is 0 Å². The summed E-state index contributed by atoms with van der Waals surface area (Å²) in [6.07, 6.45) is 1.51. The number of benzene rings is 2. The topological polar surface area (TPSA) is 112 Å². The minimum atomic E-state index is -0.809. The molecular weight excluding hydrogens is 500 g/mol. The molecule has 0 aliphatic carbocycles. The van der Waals surface area contributed by atoms with Gasteiger partial charge in [-0.25, -0.2) is 0 Å². The Hall–Kier alpha value is -4.34. The number of hydrogen-bond acceptors (Lipinski definition) is 7. The fourth-order valence-corrected chi connectivity index (χ4v) is 5.22. The van der Waals surface area contributed by atoms with Crippen LogP contribution in [0.15, 0.2) is 57.7 Å². The van der Waals surface area contributed by atoms with Crippen LogP contribution < -0.4 is 20.4 Å². The van der Waals surface area contributed by atoms with E-state index in [-0.39, 0.29) is 28.6 Å². The van der Waals surface area contributed by atoms with Crippen molar-refractivity contribution in [1.29, 1.82) is 0 Å². The van der Waals surface area contributed by atoms with Crippen molar-refractivity contribution in [3.63, 3.8) is 0 Å². The van der Waals surface area contributed by atoms with Gasteiger partial charge in [0.2, 0.25) is 11.8 Å². The summed E-state index contributed by atoms with van der Waals surface area (Å²) in [4.78, 5) is 56.6. The van der Waals surface area contributed by atoms with E-state index in [4.69, 9.17) is 9.15 Å². The number of ether oxygens (including phenoxy) is 1. The summed E-state index contributed by atoms with van der Waals surface area (Å²) in [5.74, 6) is -0.507. The third kappa shape index (κ3) is 5.45.